The van der Waals surface area contributed by atoms with Crippen molar-refractivity contribution in [2.45, 2.75) is 33.6 Å². The molecule has 2 N–H and O–H groups in total. The minimum Gasteiger partial charge on any atom is -0.308 e. The smallest absolute Gasteiger partial charge is 0.0451 e. The summed E-state index contributed by atoms with van der Waals surface area (Å²) in [6.45, 7) is 8.85. The predicted molar refractivity (Wildman–Crippen MR) is 50.6 cm³/mol. The van der Waals surface area contributed by atoms with Crippen LogP contribution in [-0.4, -0.2) is 20.3 Å². The van der Waals surface area contributed by atoms with Gasteiger partial charge < -0.3 is 10.6 Å². The minimum absolute atomic E-state index is 0.450. The first-order valence-corrected chi connectivity index (χ1v) is 4.47. The van der Waals surface area contributed by atoms with Crippen LogP contribution >= 0.6 is 0 Å². The monoisotopic (exact) mass is 158 g/mol. The quantitative estimate of drug-likeness (QED) is 0.453. The third-order valence-electron chi connectivity index (χ3n) is 1.83. The molecule has 0 aromatic rings. The van der Waals surface area contributed by atoms with E-state index in [1.807, 2.05) is 7.05 Å². The summed E-state index contributed by atoms with van der Waals surface area (Å²) >= 11 is 0. The van der Waals surface area contributed by atoms with Crippen LogP contribution in [0.2, 0.25) is 0 Å². The van der Waals surface area contributed by atoms with Crippen molar-refractivity contribution < 1.29 is 0 Å². The molecule has 0 atom stereocenters. The van der Waals surface area contributed by atoms with Crippen molar-refractivity contribution >= 4 is 0 Å². The first-order chi connectivity index (χ1) is 5.12. The Labute approximate surface area is 70.8 Å². The van der Waals surface area contributed by atoms with Gasteiger partial charge in [-0.05, 0) is 18.9 Å². The highest BCUT2D eigenvalue weighted by atomic mass is 15.0. The molecule has 0 aromatic heterocycles. The normalized spacial score (nSPS) is 12.0. The molecular formula is C9H22N2. The fourth-order valence-corrected chi connectivity index (χ4v) is 1.29. The van der Waals surface area contributed by atoms with Gasteiger partial charge in [-0.2, -0.15) is 0 Å². The summed E-state index contributed by atoms with van der Waals surface area (Å²) in [6.07, 6.45) is 2.57. The van der Waals surface area contributed by atoms with Gasteiger partial charge in [0.1, 0.15) is 0 Å². The van der Waals surface area contributed by atoms with Crippen LogP contribution in [0.15, 0.2) is 0 Å². The third kappa shape index (κ3) is 6.32. The van der Waals surface area contributed by atoms with Crippen LogP contribution < -0.4 is 10.6 Å². The summed E-state index contributed by atoms with van der Waals surface area (Å²) in [4.78, 5) is 0. The fourth-order valence-electron chi connectivity index (χ4n) is 1.29. The highest BCUT2D eigenvalue weighted by molar-refractivity contribution is 4.69. The number of hydrogen-bond donors (Lipinski definition) is 2. The topological polar surface area (TPSA) is 24.1 Å². The Balaban J connectivity index is 3.38. The van der Waals surface area contributed by atoms with Gasteiger partial charge in [0.2, 0.25) is 0 Å². The van der Waals surface area contributed by atoms with Crippen LogP contribution in [-0.2, 0) is 0 Å². The molecule has 0 heterocycles. The van der Waals surface area contributed by atoms with Gasteiger partial charge in [0.15, 0.2) is 0 Å². The zero-order valence-corrected chi connectivity index (χ0v) is 8.33. The van der Waals surface area contributed by atoms with E-state index in [0.717, 1.165) is 13.2 Å². The van der Waals surface area contributed by atoms with Crippen molar-refractivity contribution in [3.05, 3.63) is 0 Å². The molecule has 2 heteroatoms. The van der Waals surface area contributed by atoms with Crippen molar-refractivity contribution in [3.8, 4) is 0 Å². The van der Waals surface area contributed by atoms with E-state index in [9.17, 15) is 0 Å². The molecule has 68 valence electrons. The van der Waals surface area contributed by atoms with Gasteiger partial charge in [0.05, 0.1) is 0 Å². The largest absolute Gasteiger partial charge is 0.308 e. The second kappa shape index (κ2) is 5.56. The molecule has 0 unspecified atom stereocenters. The Hall–Kier alpha value is -0.0800. The number of nitrogens with one attached hydrogen (secondary N) is 2. The van der Waals surface area contributed by atoms with E-state index in [4.69, 9.17) is 0 Å². The number of rotatable bonds is 6. The maximum atomic E-state index is 3.35. The fraction of sp³-hybridized carbons (Fsp3) is 1.00. The predicted octanol–water partition coefficient (Wildman–Crippen LogP) is 1.58. The number of hydrogen-bond acceptors (Lipinski definition) is 2. The second-order valence-corrected chi connectivity index (χ2v) is 3.87. The molecule has 2 nitrogen and oxygen atoms in total. The summed E-state index contributed by atoms with van der Waals surface area (Å²) < 4.78 is 0. The summed E-state index contributed by atoms with van der Waals surface area (Å²) in [5.74, 6) is 0. The highest BCUT2D eigenvalue weighted by Crippen LogP contribution is 2.20. The zero-order valence-electron chi connectivity index (χ0n) is 8.33. The van der Waals surface area contributed by atoms with Crippen LogP contribution in [0.5, 0.6) is 0 Å². The Morgan fingerprint density at radius 1 is 1.27 bits per heavy atom. The van der Waals surface area contributed by atoms with Crippen molar-refractivity contribution in [3.63, 3.8) is 0 Å². The highest BCUT2D eigenvalue weighted by Gasteiger charge is 2.14. The van der Waals surface area contributed by atoms with Gasteiger partial charge in [0.25, 0.3) is 0 Å². The molecular weight excluding hydrogens is 136 g/mol. The molecule has 0 rings (SSSR count). The minimum atomic E-state index is 0.450. The van der Waals surface area contributed by atoms with E-state index in [-0.39, 0.29) is 0 Å². The average molecular weight is 158 g/mol. The van der Waals surface area contributed by atoms with E-state index in [1.54, 1.807) is 0 Å². The van der Waals surface area contributed by atoms with Crippen molar-refractivity contribution in [1.29, 1.82) is 0 Å². The first kappa shape index (κ1) is 10.9. The van der Waals surface area contributed by atoms with Gasteiger partial charge in [-0.15, -0.1) is 0 Å². The molecule has 0 bridgehead atoms. The Kier molecular flexibility index (Phi) is 5.51. The van der Waals surface area contributed by atoms with Gasteiger partial charge in [0, 0.05) is 13.2 Å². The van der Waals surface area contributed by atoms with E-state index in [1.165, 1.54) is 12.8 Å². The molecule has 0 amide bonds. The lowest BCUT2D eigenvalue weighted by Crippen LogP contribution is -2.34. The first-order valence-electron chi connectivity index (χ1n) is 4.47. The van der Waals surface area contributed by atoms with E-state index in [2.05, 4.69) is 31.4 Å². The molecule has 11 heavy (non-hydrogen) atoms. The van der Waals surface area contributed by atoms with Crippen LogP contribution in [0.3, 0.4) is 0 Å². The standard InChI is InChI=1S/C9H22N2/c1-5-6-9(2,3)7-11-8-10-4/h10-11H,5-8H2,1-4H3. The summed E-state index contributed by atoms with van der Waals surface area (Å²) in [5.41, 5.74) is 0.450. The maximum Gasteiger partial charge on any atom is 0.0451 e. The van der Waals surface area contributed by atoms with Gasteiger partial charge in [-0.25, -0.2) is 0 Å². The van der Waals surface area contributed by atoms with Crippen molar-refractivity contribution in [2.75, 3.05) is 20.3 Å². The van der Waals surface area contributed by atoms with E-state index < -0.39 is 0 Å². The lowest BCUT2D eigenvalue weighted by Gasteiger charge is -2.24. The molecule has 0 aromatic carbocycles. The molecule has 0 radical (unpaired) electrons. The molecule has 0 aliphatic carbocycles. The van der Waals surface area contributed by atoms with Crippen LogP contribution in [0, 0.1) is 5.41 Å². The average Bonchev–Trinajstić information content (AvgIpc) is 1.87. The molecule has 0 saturated heterocycles. The Morgan fingerprint density at radius 2 is 1.91 bits per heavy atom. The van der Waals surface area contributed by atoms with Gasteiger partial charge >= 0.3 is 0 Å². The van der Waals surface area contributed by atoms with Crippen molar-refractivity contribution in [1.82, 2.24) is 10.6 Å². The lowest BCUT2D eigenvalue weighted by atomic mass is 9.88. The van der Waals surface area contributed by atoms with E-state index in [0.29, 0.717) is 5.41 Å². The molecule has 0 saturated carbocycles. The Bertz CT molecular complexity index is 89.6. The van der Waals surface area contributed by atoms with E-state index >= 15 is 0 Å². The lowest BCUT2D eigenvalue weighted by molar-refractivity contribution is 0.309. The molecule has 0 spiro atoms. The zero-order chi connectivity index (χ0) is 8.74. The SMILES string of the molecule is CCCC(C)(C)CNCNC. The maximum absolute atomic E-state index is 3.35. The van der Waals surface area contributed by atoms with Gasteiger partial charge in [-0.1, -0.05) is 27.2 Å². The van der Waals surface area contributed by atoms with Gasteiger partial charge in [-0.3, -0.25) is 0 Å². The van der Waals surface area contributed by atoms with Crippen LogP contribution in [0.1, 0.15) is 33.6 Å². The van der Waals surface area contributed by atoms with Crippen molar-refractivity contribution in [2.24, 2.45) is 5.41 Å². The Morgan fingerprint density at radius 3 is 2.36 bits per heavy atom. The second-order valence-electron chi connectivity index (χ2n) is 3.87. The summed E-state index contributed by atoms with van der Waals surface area (Å²) in [6, 6.07) is 0. The molecule has 0 fully saturated rings. The molecule has 0 aliphatic rings. The summed E-state index contributed by atoms with van der Waals surface area (Å²) in [5, 5.41) is 6.42. The summed E-state index contributed by atoms with van der Waals surface area (Å²) in [7, 11) is 1.96. The molecule has 0 aliphatic heterocycles. The third-order valence-corrected chi connectivity index (χ3v) is 1.83. The van der Waals surface area contributed by atoms with Crippen LogP contribution in [0.4, 0.5) is 0 Å². The van der Waals surface area contributed by atoms with Crippen LogP contribution in [0.25, 0.3) is 0 Å².